The van der Waals surface area contributed by atoms with Crippen LogP contribution in [0.1, 0.15) is 63.5 Å². The average Bonchev–Trinajstić information content (AvgIpc) is 3.27. The van der Waals surface area contributed by atoms with E-state index in [0.717, 1.165) is 37.9 Å². The van der Waals surface area contributed by atoms with E-state index >= 15 is 0 Å². The third kappa shape index (κ3) is 9.10. The predicted molar refractivity (Wildman–Crippen MR) is 129 cm³/mol. The van der Waals surface area contributed by atoms with E-state index in [0.29, 0.717) is 12.2 Å². The molecule has 4 rings (SSSR count). The number of hydrogen-bond acceptors (Lipinski definition) is 6. The number of aryl methyl sites for hydroxylation is 2. The topological polar surface area (TPSA) is 108 Å². The van der Waals surface area contributed by atoms with Crippen molar-refractivity contribution >= 4 is 11.9 Å². The SMILES string of the molecule is O=C(O)C=CC(=O)O.c1c(OCCCCN2CCN(C3CCCCC3)CC2)nn2c1CCCC2. The molecule has 2 fully saturated rings. The second-order valence-electron chi connectivity index (χ2n) is 9.39. The van der Waals surface area contributed by atoms with Crippen molar-refractivity contribution in [3.05, 3.63) is 23.9 Å². The van der Waals surface area contributed by atoms with Crippen molar-refractivity contribution in [1.29, 1.82) is 0 Å². The second-order valence-corrected chi connectivity index (χ2v) is 9.39. The zero-order valence-corrected chi connectivity index (χ0v) is 20.2. The van der Waals surface area contributed by atoms with E-state index in [1.165, 1.54) is 89.8 Å². The minimum atomic E-state index is -1.26. The molecule has 1 aliphatic carbocycles. The third-order valence-electron chi connectivity index (χ3n) is 6.88. The van der Waals surface area contributed by atoms with Crippen LogP contribution in [0.25, 0.3) is 0 Å². The number of hydrogen-bond donors (Lipinski definition) is 2. The number of ether oxygens (including phenoxy) is 1. The van der Waals surface area contributed by atoms with E-state index in [2.05, 4.69) is 25.6 Å². The van der Waals surface area contributed by atoms with Gasteiger partial charge in [0.15, 0.2) is 0 Å². The molecule has 0 unspecified atom stereocenters. The highest BCUT2D eigenvalue weighted by Gasteiger charge is 2.24. The van der Waals surface area contributed by atoms with Crippen molar-refractivity contribution < 1.29 is 24.5 Å². The summed E-state index contributed by atoms with van der Waals surface area (Å²) >= 11 is 0. The number of nitrogens with zero attached hydrogens (tertiary/aromatic N) is 4. The first-order chi connectivity index (χ1) is 16.5. The summed E-state index contributed by atoms with van der Waals surface area (Å²) in [7, 11) is 0. The largest absolute Gasteiger partial charge is 0.478 e. The number of fused-ring (bicyclic) bond motifs is 1. The molecule has 1 aromatic rings. The van der Waals surface area contributed by atoms with Gasteiger partial charge < -0.3 is 19.8 Å². The lowest BCUT2D eigenvalue weighted by Crippen LogP contribution is -2.50. The molecule has 2 aliphatic heterocycles. The van der Waals surface area contributed by atoms with E-state index in [9.17, 15) is 9.59 Å². The monoisotopic (exact) mass is 476 g/mol. The fourth-order valence-corrected chi connectivity index (χ4v) is 5.02. The first-order valence-corrected chi connectivity index (χ1v) is 12.8. The van der Waals surface area contributed by atoms with E-state index in [4.69, 9.17) is 14.9 Å². The highest BCUT2D eigenvalue weighted by molar-refractivity contribution is 5.89. The molecule has 34 heavy (non-hydrogen) atoms. The zero-order valence-electron chi connectivity index (χ0n) is 20.2. The molecule has 0 spiro atoms. The molecule has 0 atom stereocenters. The summed E-state index contributed by atoms with van der Waals surface area (Å²) in [6.07, 6.45) is 14.4. The molecule has 3 aliphatic rings. The number of aliphatic carboxylic acids is 2. The van der Waals surface area contributed by atoms with Crippen LogP contribution in [0.2, 0.25) is 0 Å². The van der Waals surface area contributed by atoms with Crippen molar-refractivity contribution in [3.8, 4) is 5.88 Å². The Labute approximate surface area is 202 Å². The van der Waals surface area contributed by atoms with Crippen LogP contribution in [0.5, 0.6) is 5.88 Å². The van der Waals surface area contributed by atoms with E-state index in [1.807, 2.05) is 0 Å². The molecule has 9 nitrogen and oxygen atoms in total. The lowest BCUT2D eigenvalue weighted by atomic mass is 9.94. The highest BCUT2D eigenvalue weighted by atomic mass is 16.5. The normalized spacial score (nSPS) is 19.9. The molecule has 190 valence electrons. The van der Waals surface area contributed by atoms with Crippen LogP contribution in [0.3, 0.4) is 0 Å². The van der Waals surface area contributed by atoms with Crippen molar-refractivity contribution in [1.82, 2.24) is 19.6 Å². The van der Waals surface area contributed by atoms with Gasteiger partial charge in [0.2, 0.25) is 5.88 Å². The summed E-state index contributed by atoms with van der Waals surface area (Å²) in [5.41, 5.74) is 1.35. The molecule has 0 amide bonds. The minimum absolute atomic E-state index is 0.558. The maximum absolute atomic E-state index is 9.55. The number of carbonyl (C=O) groups is 2. The van der Waals surface area contributed by atoms with Crippen molar-refractivity contribution in [2.45, 2.75) is 76.8 Å². The quantitative estimate of drug-likeness (QED) is 0.414. The number of rotatable bonds is 9. The number of unbranched alkanes of at least 4 members (excludes halogenated alkanes) is 1. The van der Waals surface area contributed by atoms with Crippen LogP contribution in [-0.4, -0.2) is 87.1 Å². The molecule has 1 saturated heterocycles. The van der Waals surface area contributed by atoms with Crippen LogP contribution < -0.4 is 4.74 Å². The van der Waals surface area contributed by atoms with Gasteiger partial charge in [-0.2, -0.15) is 0 Å². The van der Waals surface area contributed by atoms with Crippen molar-refractivity contribution in [2.24, 2.45) is 0 Å². The molecule has 0 radical (unpaired) electrons. The number of carboxylic acid groups (broad SMARTS) is 2. The first-order valence-electron chi connectivity index (χ1n) is 12.8. The van der Waals surface area contributed by atoms with Gasteiger partial charge in [0.05, 0.1) is 6.61 Å². The molecule has 1 aromatic heterocycles. The molecule has 0 aromatic carbocycles. The van der Waals surface area contributed by atoms with E-state index in [1.54, 1.807) is 0 Å². The maximum Gasteiger partial charge on any atom is 0.328 e. The van der Waals surface area contributed by atoms with E-state index in [-0.39, 0.29) is 0 Å². The Morgan fingerprint density at radius 3 is 2.29 bits per heavy atom. The van der Waals surface area contributed by atoms with Gasteiger partial charge in [-0.1, -0.05) is 19.3 Å². The summed E-state index contributed by atoms with van der Waals surface area (Å²) in [5, 5.41) is 20.2. The van der Waals surface area contributed by atoms with Gasteiger partial charge >= 0.3 is 11.9 Å². The Hall–Kier alpha value is -2.39. The summed E-state index contributed by atoms with van der Waals surface area (Å²) in [4.78, 5) is 24.5. The molecular weight excluding hydrogens is 436 g/mol. The summed E-state index contributed by atoms with van der Waals surface area (Å²) in [5.74, 6) is -1.68. The highest BCUT2D eigenvalue weighted by Crippen LogP contribution is 2.23. The van der Waals surface area contributed by atoms with Crippen LogP contribution in [0, 0.1) is 0 Å². The van der Waals surface area contributed by atoms with Crippen LogP contribution in [-0.2, 0) is 22.6 Å². The molecular formula is C25H40N4O5. The fourth-order valence-electron chi connectivity index (χ4n) is 5.02. The number of piperazine rings is 1. The molecule has 1 saturated carbocycles. The average molecular weight is 477 g/mol. The van der Waals surface area contributed by atoms with Gasteiger partial charge in [-0.25, -0.2) is 9.59 Å². The van der Waals surface area contributed by atoms with Gasteiger partial charge in [-0.15, -0.1) is 5.10 Å². The van der Waals surface area contributed by atoms with Gasteiger partial charge in [0, 0.05) is 62.7 Å². The Balaban J connectivity index is 0.000000350. The van der Waals surface area contributed by atoms with E-state index < -0.39 is 11.9 Å². The van der Waals surface area contributed by atoms with Gasteiger partial charge in [0.25, 0.3) is 0 Å². The van der Waals surface area contributed by atoms with Crippen LogP contribution in [0.4, 0.5) is 0 Å². The lowest BCUT2D eigenvalue weighted by Gasteiger charge is -2.40. The number of aromatic nitrogens is 2. The Kier molecular flexibility index (Phi) is 10.9. The molecule has 9 heteroatoms. The van der Waals surface area contributed by atoms with Gasteiger partial charge in [-0.05, 0) is 51.5 Å². The molecule has 3 heterocycles. The standard InChI is InChI=1S/C21H36N4O.C4H4O4/c1-2-8-19(9-3-1)24-15-13-23(14-16-24)11-6-7-17-26-21-18-20-10-4-5-12-25(20)22-21;5-3(6)1-2-4(7)8/h18-19H,1-17H2;1-2H,(H,5,6)(H,7,8). The molecule has 2 N–H and O–H groups in total. The molecule has 0 bridgehead atoms. The minimum Gasteiger partial charge on any atom is -0.478 e. The summed E-state index contributed by atoms with van der Waals surface area (Å²) < 4.78 is 8.02. The van der Waals surface area contributed by atoms with Crippen LogP contribution in [0.15, 0.2) is 18.2 Å². The Morgan fingerprint density at radius 2 is 1.65 bits per heavy atom. The van der Waals surface area contributed by atoms with Crippen LogP contribution >= 0.6 is 0 Å². The number of carboxylic acids is 2. The first kappa shape index (κ1) is 26.2. The Morgan fingerprint density at radius 1 is 0.941 bits per heavy atom. The summed E-state index contributed by atoms with van der Waals surface area (Å²) in [6, 6.07) is 3.03. The van der Waals surface area contributed by atoms with Gasteiger partial charge in [-0.3, -0.25) is 9.58 Å². The predicted octanol–water partition coefficient (Wildman–Crippen LogP) is 3.04. The smallest absolute Gasteiger partial charge is 0.328 e. The zero-order chi connectivity index (χ0) is 24.2. The Bertz CT molecular complexity index is 756. The second kappa shape index (κ2) is 14.1. The van der Waals surface area contributed by atoms with Crippen molar-refractivity contribution in [3.63, 3.8) is 0 Å². The summed E-state index contributed by atoms with van der Waals surface area (Å²) in [6.45, 7) is 8.16. The maximum atomic E-state index is 9.55. The van der Waals surface area contributed by atoms with Gasteiger partial charge in [0.1, 0.15) is 0 Å². The lowest BCUT2D eigenvalue weighted by molar-refractivity contribution is -0.134. The third-order valence-corrected chi connectivity index (χ3v) is 6.88. The van der Waals surface area contributed by atoms with Crippen molar-refractivity contribution in [2.75, 3.05) is 39.3 Å². The fraction of sp³-hybridized carbons (Fsp3) is 0.720.